The van der Waals surface area contributed by atoms with Crippen molar-refractivity contribution in [3.8, 4) is 0 Å². The SMILES string of the molecule is O=C1CC(C(=O)N2CCCN(S(=O)(=O)c3ccc(F)cc3)CC2)c2ccc(F)cc2N1. The van der Waals surface area contributed by atoms with E-state index in [9.17, 15) is 26.8 Å². The molecule has 1 saturated heterocycles. The maximum absolute atomic E-state index is 13.5. The summed E-state index contributed by atoms with van der Waals surface area (Å²) in [5.41, 5.74) is 0.830. The van der Waals surface area contributed by atoms with Crippen LogP contribution in [-0.4, -0.2) is 55.6 Å². The molecule has 0 radical (unpaired) electrons. The highest BCUT2D eigenvalue weighted by Gasteiger charge is 2.35. The summed E-state index contributed by atoms with van der Waals surface area (Å²) in [4.78, 5) is 26.8. The zero-order valence-electron chi connectivity index (χ0n) is 16.6. The van der Waals surface area contributed by atoms with E-state index in [2.05, 4.69) is 5.32 Å². The number of sulfonamides is 1. The van der Waals surface area contributed by atoms with Crippen molar-refractivity contribution in [2.24, 2.45) is 0 Å². The molecule has 1 unspecified atom stereocenters. The normalized spacial score (nSPS) is 20.0. The smallest absolute Gasteiger partial charge is 0.243 e. The predicted octanol–water partition coefficient (Wildman–Crippen LogP) is 2.31. The third-order valence-electron chi connectivity index (χ3n) is 5.57. The van der Waals surface area contributed by atoms with E-state index in [0.717, 1.165) is 12.1 Å². The second-order valence-electron chi connectivity index (χ2n) is 7.57. The van der Waals surface area contributed by atoms with Gasteiger partial charge in [-0.15, -0.1) is 0 Å². The van der Waals surface area contributed by atoms with E-state index in [4.69, 9.17) is 0 Å². The number of hydrogen-bond donors (Lipinski definition) is 1. The van der Waals surface area contributed by atoms with E-state index < -0.39 is 27.6 Å². The van der Waals surface area contributed by atoms with Crippen molar-refractivity contribution >= 4 is 27.5 Å². The minimum Gasteiger partial charge on any atom is -0.341 e. The molecular formula is C21H21F2N3O4S. The maximum atomic E-state index is 13.5. The molecule has 0 saturated carbocycles. The first-order valence-corrected chi connectivity index (χ1v) is 11.3. The molecule has 0 spiro atoms. The van der Waals surface area contributed by atoms with E-state index in [1.807, 2.05) is 0 Å². The fourth-order valence-corrected chi connectivity index (χ4v) is 5.46. The number of halogens is 2. The highest BCUT2D eigenvalue weighted by molar-refractivity contribution is 7.89. The van der Waals surface area contributed by atoms with Crippen molar-refractivity contribution in [1.82, 2.24) is 9.21 Å². The summed E-state index contributed by atoms with van der Waals surface area (Å²) < 4.78 is 53.7. The van der Waals surface area contributed by atoms with E-state index in [-0.39, 0.29) is 48.5 Å². The number of benzene rings is 2. The van der Waals surface area contributed by atoms with E-state index >= 15 is 0 Å². The van der Waals surface area contributed by atoms with Crippen LogP contribution in [0.1, 0.15) is 24.3 Å². The van der Waals surface area contributed by atoms with Crippen molar-refractivity contribution in [2.45, 2.75) is 23.7 Å². The number of amides is 2. The Morgan fingerprint density at radius 3 is 2.42 bits per heavy atom. The van der Waals surface area contributed by atoms with Crippen molar-refractivity contribution < 1.29 is 26.8 Å². The molecule has 0 bridgehead atoms. The van der Waals surface area contributed by atoms with Gasteiger partial charge in [-0.05, 0) is 48.4 Å². The van der Waals surface area contributed by atoms with E-state index in [1.54, 1.807) is 4.90 Å². The monoisotopic (exact) mass is 449 g/mol. The third-order valence-corrected chi connectivity index (χ3v) is 7.48. The zero-order chi connectivity index (χ0) is 22.2. The first-order valence-electron chi connectivity index (χ1n) is 9.89. The molecule has 1 fully saturated rings. The van der Waals surface area contributed by atoms with Crippen molar-refractivity contribution in [3.63, 3.8) is 0 Å². The molecule has 164 valence electrons. The molecule has 4 rings (SSSR count). The van der Waals surface area contributed by atoms with E-state index in [0.29, 0.717) is 18.5 Å². The van der Waals surface area contributed by atoms with Crippen LogP contribution in [0.25, 0.3) is 0 Å². The molecule has 2 aromatic rings. The summed E-state index contributed by atoms with van der Waals surface area (Å²) in [6.07, 6.45) is 0.368. The van der Waals surface area contributed by atoms with Gasteiger partial charge in [0.25, 0.3) is 0 Å². The van der Waals surface area contributed by atoms with Crippen LogP contribution in [0.4, 0.5) is 14.5 Å². The first-order chi connectivity index (χ1) is 14.8. The van der Waals surface area contributed by atoms with Gasteiger partial charge in [0.2, 0.25) is 21.8 Å². The summed E-state index contributed by atoms with van der Waals surface area (Å²) in [6, 6.07) is 8.55. The molecule has 2 amide bonds. The summed E-state index contributed by atoms with van der Waals surface area (Å²) in [6.45, 7) is 0.800. The second-order valence-corrected chi connectivity index (χ2v) is 9.51. The van der Waals surface area contributed by atoms with Gasteiger partial charge < -0.3 is 10.2 Å². The number of carbonyl (C=O) groups is 2. The van der Waals surface area contributed by atoms with Gasteiger partial charge in [0.1, 0.15) is 11.6 Å². The molecule has 10 heteroatoms. The summed E-state index contributed by atoms with van der Waals surface area (Å²) >= 11 is 0. The van der Waals surface area contributed by atoms with Crippen LogP contribution in [0.2, 0.25) is 0 Å². The summed E-state index contributed by atoms with van der Waals surface area (Å²) in [5, 5.41) is 2.59. The van der Waals surface area contributed by atoms with Crippen molar-refractivity contribution in [1.29, 1.82) is 0 Å². The van der Waals surface area contributed by atoms with Crippen molar-refractivity contribution in [3.05, 3.63) is 59.7 Å². The van der Waals surface area contributed by atoms with Gasteiger partial charge in [0.05, 0.1) is 10.8 Å². The zero-order valence-corrected chi connectivity index (χ0v) is 17.4. The Hall–Kier alpha value is -2.85. The van der Waals surface area contributed by atoms with Gasteiger partial charge in [-0.25, -0.2) is 17.2 Å². The van der Waals surface area contributed by atoms with E-state index in [1.165, 1.54) is 34.6 Å². The molecule has 0 aromatic heterocycles. The fraction of sp³-hybridized carbons (Fsp3) is 0.333. The molecule has 7 nitrogen and oxygen atoms in total. The highest BCUT2D eigenvalue weighted by Crippen LogP contribution is 2.34. The minimum atomic E-state index is -3.82. The Labute approximate surface area is 178 Å². The maximum Gasteiger partial charge on any atom is 0.243 e. The Morgan fingerprint density at radius 1 is 0.968 bits per heavy atom. The van der Waals surface area contributed by atoms with Crippen molar-refractivity contribution in [2.75, 3.05) is 31.5 Å². The molecule has 2 aliphatic rings. The molecule has 1 N–H and O–H groups in total. The van der Waals surface area contributed by atoms with Crippen LogP contribution in [0.15, 0.2) is 47.4 Å². The number of nitrogens with one attached hydrogen (secondary N) is 1. The lowest BCUT2D eigenvalue weighted by atomic mass is 9.89. The van der Waals surface area contributed by atoms with Crippen LogP contribution in [0, 0.1) is 11.6 Å². The molecule has 2 heterocycles. The van der Waals surface area contributed by atoms with Gasteiger partial charge in [-0.1, -0.05) is 6.07 Å². The lowest BCUT2D eigenvalue weighted by Gasteiger charge is -2.30. The molecule has 2 aliphatic heterocycles. The molecular weight excluding hydrogens is 428 g/mol. The topological polar surface area (TPSA) is 86.8 Å². The van der Waals surface area contributed by atoms with Gasteiger partial charge in [-0.2, -0.15) is 4.31 Å². The molecule has 31 heavy (non-hydrogen) atoms. The number of carbonyl (C=O) groups excluding carboxylic acids is 2. The van der Waals surface area contributed by atoms with Gasteiger partial charge >= 0.3 is 0 Å². The van der Waals surface area contributed by atoms with Gasteiger partial charge in [-0.3, -0.25) is 9.59 Å². The standard InChI is InChI=1S/C21H21F2N3O4S/c22-14-2-5-16(6-3-14)31(29,30)26-9-1-8-25(10-11-26)21(28)18-13-20(27)24-19-12-15(23)4-7-17(18)19/h2-7,12,18H,1,8-11,13H2,(H,24,27). The fourth-order valence-electron chi connectivity index (χ4n) is 3.99. The molecule has 2 aromatic carbocycles. The number of anilines is 1. The Balaban J connectivity index is 1.51. The van der Waals surface area contributed by atoms with Crippen LogP contribution in [-0.2, 0) is 19.6 Å². The Morgan fingerprint density at radius 2 is 1.68 bits per heavy atom. The summed E-state index contributed by atoms with van der Waals surface area (Å²) in [7, 11) is -3.82. The third kappa shape index (κ3) is 4.31. The Bertz CT molecular complexity index is 1120. The lowest BCUT2D eigenvalue weighted by Crippen LogP contribution is -2.41. The number of hydrogen-bond acceptors (Lipinski definition) is 4. The number of fused-ring (bicyclic) bond motifs is 1. The minimum absolute atomic E-state index is 0.00594. The van der Waals surface area contributed by atoms with Crippen LogP contribution >= 0.6 is 0 Å². The average molecular weight is 449 g/mol. The predicted molar refractivity (Wildman–Crippen MR) is 109 cm³/mol. The average Bonchev–Trinajstić information content (AvgIpc) is 2.99. The second kappa shape index (κ2) is 8.35. The lowest BCUT2D eigenvalue weighted by molar-refractivity contribution is -0.134. The molecule has 0 aliphatic carbocycles. The van der Waals surface area contributed by atoms with Crippen LogP contribution in [0.5, 0.6) is 0 Å². The largest absolute Gasteiger partial charge is 0.341 e. The quantitative estimate of drug-likeness (QED) is 0.779. The van der Waals surface area contributed by atoms with Crippen LogP contribution < -0.4 is 5.32 Å². The van der Waals surface area contributed by atoms with Gasteiger partial charge in [0.15, 0.2) is 0 Å². The number of nitrogens with zero attached hydrogens (tertiary/aromatic N) is 2. The highest BCUT2D eigenvalue weighted by atomic mass is 32.2. The summed E-state index contributed by atoms with van der Waals surface area (Å²) in [5.74, 6) is -2.44. The number of rotatable bonds is 3. The first kappa shape index (κ1) is 21.4. The van der Waals surface area contributed by atoms with Crippen LogP contribution in [0.3, 0.4) is 0 Å². The molecule has 1 atom stereocenters. The Kier molecular flexibility index (Phi) is 5.76. The van der Waals surface area contributed by atoms with Gasteiger partial charge in [0, 0.05) is 38.3 Å².